The van der Waals surface area contributed by atoms with E-state index in [9.17, 15) is 0 Å². The average Bonchev–Trinajstić information content (AvgIpc) is 2.46. The van der Waals surface area contributed by atoms with E-state index < -0.39 is 0 Å². The summed E-state index contributed by atoms with van der Waals surface area (Å²) < 4.78 is 0. The predicted molar refractivity (Wildman–Crippen MR) is 76.0 cm³/mol. The van der Waals surface area contributed by atoms with Crippen molar-refractivity contribution in [1.29, 1.82) is 0 Å². The highest BCUT2D eigenvalue weighted by molar-refractivity contribution is 6.16. The Morgan fingerprint density at radius 3 is 2.61 bits per heavy atom. The molecule has 4 heteroatoms. The van der Waals surface area contributed by atoms with Gasteiger partial charge in [-0.05, 0) is 31.6 Å². The first-order valence-electron chi connectivity index (χ1n) is 6.84. The van der Waals surface area contributed by atoms with Crippen molar-refractivity contribution in [3.63, 3.8) is 0 Å². The normalized spacial score (nSPS) is 23.9. The van der Waals surface area contributed by atoms with E-state index in [0.717, 1.165) is 17.4 Å². The highest BCUT2D eigenvalue weighted by atomic mass is 35.5. The van der Waals surface area contributed by atoms with E-state index in [1.54, 1.807) is 6.20 Å². The lowest BCUT2D eigenvalue weighted by molar-refractivity contribution is 0.313. The summed E-state index contributed by atoms with van der Waals surface area (Å²) in [5, 5.41) is 0. The number of alkyl halides is 1. The fourth-order valence-electron chi connectivity index (χ4n) is 2.76. The third kappa shape index (κ3) is 3.14. The van der Waals surface area contributed by atoms with Crippen LogP contribution in [0, 0.1) is 5.92 Å². The number of aromatic nitrogens is 2. The van der Waals surface area contributed by atoms with E-state index >= 15 is 0 Å². The van der Waals surface area contributed by atoms with Crippen LogP contribution in [0.25, 0.3) is 0 Å². The van der Waals surface area contributed by atoms with Gasteiger partial charge in [0.2, 0.25) is 0 Å². The lowest BCUT2D eigenvalue weighted by Crippen LogP contribution is -2.35. The molecule has 3 nitrogen and oxygen atoms in total. The molecule has 1 aliphatic carbocycles. The minimum absolute atomic E-state index is 0.428. The lowest BCUT2D eigenvalue weighted by Gasteiger charge is -2.35. The minimum atomic E-state index is 0.428. The van der Waals surface area contributed by atoms with Crippen LogP contribution in [-0.4, -0.2) is 23.1 Å². The Bertz CT molecular complexity index is 375. The number of hydrogen-bond donors (Lipinski definition) is 0. The summed E-state index contributed by atoms with van der Waals surface area (Å²) in [5.41, 5.74) is 0.850. The summed E-state index contributed by atoms with van der Waals surface area (Å²) in [6.07, 6.45) is 10.1. The van der Waals surface area contributed by atoms with Crippen molar-refractivity contribution in [2.45, 2.75) is 50.9 Å². The maximum absolute atomic E-state index is 5.81. The van der Waals surface area contributed by atoms with Gasteiger partial charge in [0.1, 0.15) is 5.82 Å². The van der Waals surface area contributed by atoms with E-state index in [1.165, 1.54) is 32.1 Å². The van der Waals surface area contributed by atoms with E-state index in [4.69, 9.17) is 11.6 Å². The average molecular weight is 268 g/mol. The molecule has 0 radical (unpaired) electrons. The molecule has 0 spiro atoms. The SMILES string of the molecule is CCC1CCC(N(C)c2cncc(CCl)n2)CC1. The van der Waals surface area contributed by atoms with Crippen LogP contribution in [0.5, 0.6) is 0 Å². The zero-order valence-electron chi connectivity index (χ0n) is 11.3. The van der Waals surface area contributed by atoms with Crippen molar-refractivity contribution in [2.24, 2.45) is 5.92 Å². The van der Waals surface area contributed by atoms with Gasteiger partial charge in [-0.1, -0.05) is 13.3 Å². The fraction of sp³-hybridized carbons (Fsp3) is 0.714. The first kappa shape index (κ1) is 13.6. The minimum Gasteiger partial charge on any atom is -0.355 e. The molecule has 0 N–H and O–H groups in total. The molecule has 18 heavy (non-hydrogen) atoms. The van der Waals surface area contributed by atoms with E-state index in [2.05, 4.69) is 28.8 Å². The van der Waals surface area contributed by atoms with Gasteiger partial charge in [-0.25, -0.2) is 4.98 Å². The van der Waals surface area contributed by atoms with Crippen LogP contribution in [0.15, 0.2) is 12.4 Å². The van der Waals surface area contributed by atoms with E-state index in [0.29, 0.717) is 11.9 Å². The van der Waals surface area contributed by atoms with Gasteiger partial charge in [0.05, 0.1) is 17.8 Å². The van der Waals surface area contributed by atoms with Gasteiger partial charge >= 0.3 is 0 Å². The predicted octanol–water partition coefficient (Wildman–Crippen LogP) is 3.62. The van der Waals surface area contributed by atoms with Crippen molar-refractivity contribution in [2.75, 3.05) is 11.9 Å². The number of nitrogens with zero attached hydrogens (tertiary/aromatic N) is 3. The molecule has 0 bridgehead atoms. The van der Waals surface area contributed by atoms with Crippen molar-refractivity contribution >= 4 is 17.4 Å². The molecule has 1 aromatic heterocycles. The molecular formula is C14H22ClN3. The molecule has 2 rings (SSSR count). The number of halogens is 1. The molecule has 1 aliphatic rings. The number of rotatable bonds is 4. The van der Waals surface area contributed by atoms with Gasteiger partial charge in [-0.3, -0.25) is 4.98 Å². The van der Waals surface area contributed by atoms with Crippen LogP contribution >= 0.6 is 11.6 Å². The Balaban J connectivity index is 2.00. The van der Waals surface area contributed by atoms with Gasteiger partial charge in [0, 0.05) is 19.3 Å². The molecule has 1 fully saturated rings. The van der Waals surface area contributed by atoms with Gasteiger partial charge in [-0.15, -0.1) is 11.6 Å². The summed E-state index contributed by atoms with van der Waals surface area (Å²) in [6, 6.07) is 0.604. The Hall–Kier alpha value is -0.830. The topological polar surface area (TPSA) is 29.0 Å². The molecule has 1 aromatic rings. The largest absolute Gasteiger partial charge is 0.355 e. The summed E-state index contributed by atoms with van der Waals surface area (Å²) in [6.45, 7) is 2.30. The molecule has 1 saturated carbocycles. The molecule has 0 unspecified atom stereocenters. The number of anilines is 1. The summed E-state index contributed by atoms with van der Waals surface area (Å²) in [5.74, 6) is 2.31. The van der Waals surface area contributed by atoms with Gasteiger partial charge in [0.15, 0.2) is 0 Å². The van der Waals surface area contributed by atoms with Crippen molar-refractivity contribution in [3.05, 3.63) is 18.1 Å². The first-order valence-corrected chi connectivity index (χ1v) is 7.37. The maximum atomic E-state index is 5.81. The smallest absolute Gasteiger partial charge is 0.147 e. The molecule has 0 aliphatic heterocycles. The summed E-state index contributed by atoms with van der Waals surface area (Å²) >= 11 is 5.81. The second-order valence-corrected chi connectivity index (χ2v) is 5.46. The van der Waals surface area contributed by atoms with Crippen LogP contribution in [0.3, 0.4) is 0 Å². The van der Waals surface area contributed by atoms with Crippen LogP contribution in [-0.2, 0) is 5.88 Å². The molecular weight excluding hydrogens is 246 g/mol. The van der Waals surface area contributed by atoms with E-state index in [-0.39, 0.29) is 0 Å². The quantitative estimate of drug-likeness (QED) is 0.781. The van der Waals surface area contributed by atoms with Crippen molar-refractivity contribution < 1.29 is 0 Å². The lowest BCUT2D eigenvalue weighted by atomic mass is 9.84. The summed E-state index contributed by atoms with van der Waals surface area (Å²) in [7, 11) is 2.12. The van der Waals surface area contributed by atoms with Crippen LogP contribution in [0.1, 0.15) is 44.7 Å². The zero-order chi connectivity index (χ0) is 13.0. The second kappa shape index (κ2) is 6.37. The van der Waals surface area contributed by atoms with Crippen LogP contribution in [0.4, 0.5) is 5.82 Å². The van der Waals surface area contributed by atoms with Gasteiger partial charge in [0.25, 0.3) is 0 Å². The second-order valence-electron chi connectivity index (χ2n) is 5.20. The van der Waals surface area contributed by atoms with Gasteiger partial charge < -0.3 is 4.90 Å². The highest BCUT2D eigenvalue weighted by Crippen LogP contribution is 2.30. The zero-order valence-corrected chi connectivity index (χ0v) is 12.0. The molecule has 1 heterocycles. The maximum Gasteiger partial charge on any atom is 0.147 e. The van der Waals surface area contributed by atoms with Crippen molar-refractivity contribution in [1.82, 2.24) is 9.97 Å². The first-order chi connectivity index (χ1) is 8.74. The molecule has 0 amide bonds. The molecule has 0 saturated heterocycles. The Kier molecular flexibility index (Phi) is 4.81. The third-order valence-corrected chi connectivity index (χ3v) is 4.39. The Morgan fingerprint density at radius 2 is 2.00 bits per heavy atom. The number of hydrogen-bond acceptors (Lipinski definition) is 3. The molecule has 0 atom stereocenters. The standard InChI is InChI=1S/C14H22ClN3/c1-3-11-4-6-13(7-5-11)18(2)14-10-16-9-12(8-15)17-14/h9-11,13H,3-8H2,1-2H3. The monoisotopic (exact) mass is 267 g/mol. The van der Waals surface area contributed by atoms with Crippen molar-refractivity contribution in [3.8, 4) is 0 Å². The third-order valence-electron chi connectivity index (χ3n) is 4.11. The fourth-order valence-corrected chi connectivity index (χ4v) is 2.89. The van der Waals surface area contributed by atoms with Crippen LogP contribution < -0.4 is 4.90 Å². The molecule has 100 valence electrons. The highest BCUT2D eigenvalue weighted by Gasteiger charge is 2.23. The summed E-state index contributed by atoms with van der Waals surface area (Å²) in [4.78, 5) is 11.0. The van der Waals surface area contributed by atoms with Crippen LogP contribution in [0.2, 0.25) is 0 Å². The molecule has 0 aromatic carbocycles. The Morgan fingerprint density at radius 1 is 1.28 bits per heavy atom. The Labute approximate surface area is 115 Å². The van der Waals surface area contributed by atoms with Gasteiger partial charge in [-0.2, -0.15) is 0 Å². The van der Waals surface area contributed by atoms with E-state index in [1.807, 2.05) is 6.20 Å².